The van der Waals surface area contributed by atoms with Gasteiger partial charge in [0.1, 0.15) is 0 Å². The molecule has 0 saturated carbocycles. The smallest absolute Gasteiger partial charge is 0.331 e. The first kappa shape index (κ1) is 11.2. The second-order valence-corrected chi connectivity index (χ2v) is 4.50. The van der Waals surface area contributed by atoms with E-state index in [2.05, 4.69) is 6.07 Å². The van der Waals surface area contributed by atoms with Crippen molar-refractivity contribution in [2.75, 3.05) is 0 Å². The van der Waals surface area contributed by atoms with Crippen LogP contribution < -0.4 is 0 Å². The number of rotatable bonds is 2. The lowest BCUT2D eigenvalue weighted by molar-refractivity contribution is -0.132. The molecule has 0 aliphatic heterocycles. The van der Waals surface area contributed by atoms with Crippen LogP contribution in [0.3, 0.4) is 0 Å². The van der Waals surface area contributed by atoms with Crippen molar-refractivity contribution in [1.82, 2.24) is 0 Å². The number of benzene rings is 1. The van der Waals surface area contributed by atoms with E-state index in [-0.39, 0.29) is 0 Å². The van der Waals surface area contributed by atoms with Gasteiger partial charge in [0.15, 0.2) is 0 Å². The number of carboxylic acids is 1. The Bertz CT molecular complexity index is 437. The summed E-state index contributed by atoms with van der Waals surface area (Å²) in [5.41, 5.74) is 1.74. The van der Waals surface area contributed by atoms with Crippen molar-refractivity contribution >= 4 is 17.6 Å². The Hall–Kier alpha value is -1.28. The lowest BCUT2D eigenvalue weighted by Crippen LogP contribution is -2.09. The molecule has 1 aromatic carbocycles. The number of hydrogen-bond donors (Lipinski definition) is 1. The van der Waals surface area contributed by atoms with E-state index in [9.17, 15) is 4.79 Å². The Labute approximate surface area is 99.5 Å². The normalized spacial score (nSPS) is 20.3. The van der Waals surface area contributed by atoms with E-state index in [1.165, 1.54) is 5.56 Å². The second-order valence-electron chi connectivity index (χ2n) is 4.06. The van der Waals surface area contributed by atoms with Gasteiger partial charge in [0.2, 0.25) is 0 Å². The minimum Gasteiger partial charge on any atom is -0.478 e. The highest BCUT2D eigenvalue weighted by atomic mass is 35.5. The van der Waals surface area contributed by atoms with Gasteiger partial charge in [0, 0.05) is 10.6 Å². The van der Waals surface area contributed by atoms with Crippen LogP contribution in [0.4, 0.5) is 0 Å². The van der Waals surface area contributed by atoms with Crippen LogP contribution in [0.2, 0.25) is 5.02 Å². The summed E-state index contributed by atoms with van der Waals surface area (Å²) in [4.78, 5) is 10.8. The van der Waals surface area contributed by atoms with Crippen LogP contribution in [0.15, 0.2) is 35.9 Å². The van der Waals surface area contributed by atoms with Gasteiger partial charge in [-0.1, -0.05) is 29.8 Å². The van der Waals surface area contributed by atoms with Gasteiger partial charge in [-0.25, -0.2) is 4.79 Å². The van der Waals surface area contributed by atoms with Crippen LogP contribution >= 0.6 is 11.6 Å². The van der Waals surface area contributed by atoms with Crippen molar-refractivity contribution in [3.8, 4) is 0 Å². The molecule has 0 amide bonds. The topological polar surface area (TPSA) is 37.3 Å². The van der Waals surface area contributed by atoms with Gasteiger partial charge in [0.05, 0.1) is 0 Å². The Balaban J connectivity index is 2.12. The summed E-state index contributed by atoms with van der Waals surface area (Å²) >= 11 is 5.93. The molecule has 1 aliphatic carbocycles. The zero-order chi connectivity index (χ0) is 11.5. The minimum absolute atomic E-state index is 0.404. The molecular formula is C13H13ClO2. The molecule has 1 aliphatic rings. The van der Waals surface area contributed by atoms with Crippen molar-refractivity contribution in [3.05, 3.63) is 46.5 Å². The quantitative estimate of drug-likeness (QED) is 0.852. The van der Waals surface area contributed by atoms with Gasteiger partial charge in [0.25, 0.3) is 0 Å². The molecule has 0 saturated heterocycles. The first-order valence-electron chi connectivity index (χ1n) is 5.34. The number of carboxylic acid groups (broad SMARTS) is 1. The van der Waals surface area contributed by atoms with E-state index >= 15 is 0 Å². The molecule has 2 nitrogen and oxygen atoms in total. The van der Waals surface area contributed by atoms with Gasteiger partial charge >= 0.3 is 5.97 Å². The molecule has 1 unspecified atom stereocenters. The highest BCUT2D eigenvalue weighted by Crippen LogP contribution is 2.32. The first-order valence-corrected chi connectivity index (χ1v) is 5.72. The predicted octanol–water partition coefficient (Wildman–Crippen LogP) is 3.62. The Kier molecular flexibility index (Phi) is 3.30. The summed E-state index contributed by atoms with van der Waals surface area (Å²) in [5.74, 6) is -0.383. The molecule has 1 N–H and O–H groups in total. The Morgan fingerprint density at radius 1 is 1.44 bits per heavy atom. The van der Waals surface area contributed by atoms with E-state index in [0.29, 0.717) is 17.9 Å². The third-order valence-corrected chi connectivity index (χ3v) is 3.24. The fourth-order valence-corrected chi connectivity index (χ4v) is 2.29. The summed E-state index contributed by atoms with van der Waals surface area (Å²) in [5, 5.41) is 9.59. The van der Waals surface area contributed by atoms with Crippen LogP contribution in [0, 0.1) is 0 Å². The highest BCUT2D eigenvalue weighted by Gasteiger charge is 2.19. The number of hydrogen-bond acceptors (Lipinski definition) is 1. The van der Waals surface area contributed by atoms with E-state index in [0.717, 1.165) is 17.9 Å². The van der Waals surface area contributed by atoms with Crippen molar-refractivity contribution < 1.29 is 9.90 Å². The van der Waals surface area contributed by atoms with E-state index in [1.54, 1.807) is 0 Å². The summed E-state index contributed by atoms with van der Waals surface area (Å²) in [7, 11) is 0. The van der Waals surface area contributed by atoms with Crippen LogP contribution in [-0.2, 0) is 4.79 Å². The van der Waals surface area contributed by atoms with Gasteiger partial charge in [-0.05, 0) is 42.9 Å². The molecule has 1 aromatic rings. The summed E-state index contributed by atoms with van der Waals surface area (Å²) < 4.78 is 0. The van der Waals surface area contributed by atoms with E-state index in [1.807, 2.05) is 24.3 Å². The Morgan fingerprint density at radius 2 is 2.25 bits per heavy atom. The van der Waals surface area contributed by atoms with Crippen molar-refractivity contribution in [1.29, 1.82) is 0 Å². The summed E-state index contributed by atoms with van der Waals surface area (Å²) in [6, 6.07) is 7.81. The molecule has 0 spiro atoms. The van der Waals surface area contributed by atoms with Crippen LogP contribution in [0.5, 0.6) is 0 Å². The third-order valence-electron chi connectivity index (χ3n) is 3.01. The van der Waals surface area contributed by atoms with Crippen molar-refractivity contribution in [2.45, 2.75) is 25.2 Å². The van der Waals surface area contributed by atoms with Crippen LogP contribution in [0.1, 0.15) is 30.7 Å². The van der Waals surface area contributed by atoms with Gasteiger partial charge in [-0.2, -0.15) is 0 Å². The highest BCUT2D eigenvalue weighted by molar-refractivity contribution is 6.30. The number of aliphatic carboxylic acids is 1. The molecule has 0 bridgehead atoms. The zero-order valence-electron chi connectivity index (χ0n) is 8.82. The summed E-state index contributed by atoms with van der Waals surface area (Å²) in [6.07, 6.45) is 4.16. The number of allylic oxidation sites excluding steroid dienone is 1. The molecular weight excluding hydrogens is 224 g/mol. The second kappa shape index (κ2) is 4.71. The monoisotopic (exact) mass is 236 g/mol. The molecule has 0 fully saturated rings. The standard InChI is InChI=1S/C13H13ClO2/c14-12-3-1-2-11(8-12)9-4-6-10(7-5-9)13(15)16/h1-3,6,8-9H,4-5,7H2,(H,15,16). The maximum absolute atomic E-state index is 10.8. The molecule has 3 heteroatoms. The molecule has 2 rings (SSSR count). The summed E-state index contributed by atoms with van der Waals surface area (Å²) in [6.45, 7) is 0. The minimum atomic E-state index is -0.787. The molecule has 0 radical (unpaired) electrons. The van der Waals surface area contributed by atoms with Crippen LogP contribution in [0.25, 0.3) is 0 Å². The van der Waals surface area contributed by atoms with E-state index < -0.39 is 5.97 Å². The fraction of sp³-hybridized carbons (Fsp3) is 0.308. The number of halogens is 1. The molecule has 16 heavy (non-hydrogen) atoms. The van der Waals surface area contributed by atoms with Gasteiger partial charge in [-0.15, -0.1) is 0 Å². The lowest BCUT2D eigenvalue weighted by atomic mass is 9.85. The molecule has 0 heterocycles. The largest absolute Gasteiger partial charge is 0.478 e. The SMILES string of the molecule is O=C(O)C1=CCC(c2cccc(Cl)c2)CC1. The van der Waals surface area contributed by atoms with Crippen LogP contribution in [-0.4, -0.2) is 11.1 Å². The molecule has 84 valence electrons. The van der Waals surface area contributed by atoms with Gasteiger partial charge < -0.3 is 5.11 Å². The first-order chi connectivity index (χ1) is 7.66. The average Bonchev–Trinajstić information content (AvgIpc) is 2.29. The fourth-order valence-electron chi connectivity index (χ4n) is 2.09. The maximum atomic E-state index is 10.8. The molecule has 0 aromatic heterocycles. The third kappa shape index (κ3) is 2.45. The van der Waals surface area contributed by atoms with Crippen molar-refractivity contribution in [3.63, 3.8) is 0 Å². The number of carbonyl (C=O) groups is 1. The maximum Gasteiger partial charge on any atom is 0.331 e. The predicted molar refractivity (Wildman–Crippen MR) is 63.8 cm³/mol. The zero-order valence-corrected chi connectivity index (χ0v) is 9.57. The average molecular weight is 237 g/mol. The Morgan fingerprint density at radius 3 is 2.81 bits per heavy atom. The molecule has 1 atom stereocenters. The van der Waals surface area contributed by atoms with Crippen molar-refractivity contribution in [2.24, 2.45) is 0 Å². The lowest BCUT2D eigenvalue weighted by Gasteiger charge is -2.20. The van der Waals surface area contributed by atoms with Gasteiger partial charge in [-0.3, -0.25) is 0 Å². The van der Waals surface area contributed by atoms with E-state index in [4.69, 9.17) is 16.7 Å².